The van der Waals surface area contributed by atoms with Gasteiger partial charge in [0.15, 0.2) is 6.61 Å². The average molecular weight is 445 g/mol. The molecule has 1 saturated carbocycles. The van der Waals surface area contributed by atoms with E-state index < -0.39 is 6.04 Å². The predicted octanol–water partition coefficient (Wildman–Crippen LogP) is 4.20. The SMILES string of the molecule is COc1ccc(CN(C(=O)COc2ccccc2Cl)[C@H](C)C(=O)NC2CCCC2)cc1. The van der Waals surface area contributed by atoms with E-state index >= 15 is 0 Å². The van der Waals surface area contributed by atoms with E-state index in [0.29, 0.717) is 10.8 Å². The van der Waals surface area contributed by atoms with Crippen molar-refractivity contribution in [1.82, 2.24) is 10.2 Å². The number of rotatable bonds is 9. The van der Waals surface area contributed by atoms with Crippen molar-refractivity contribution in [3.63, 3.8) is 0 Å². The Hall–Kier alpha value is -2.73. The van der Waals surface area contributed by atoms with Crippen LogP contribution in [-0.4, -0.2) is 42.5 Å². The average Bonchev–Trinajstić information content (AvgIpc) is 3.29. The zero-order valence-corrected chi connectivity index (χ0v) is 18.7. The smallest absolute Gasteiger partial charge is 0.261 e. The summed E-state index contributed by atoms with van der Waals surface area (Å²) >= 11 is 6.13. The first kappa shape index (κ1) is 22.9. The van der Waals surface area contributed by atoms with Crippen molar-refractivity contribution >= 4 is 23.4 Å². The summed E-state index contributed by atoms with van der Waals surface area (Å²) in [5.74, 6) is 0.733. The topological polar surface area (TPSA) is 67.9 Å². The van der Waals surface area contributed by atoms with Gasteiger partial charge in [-0.2, -0.15) is 0 Å². The molecule has 1 N–H and O–H groups in total. The number of hydrogen-bond acceptors (Lipinski definition) is 4. The third-order valence-electron chi connectivity index (χ3n) is 5.57. The molecule has 1 fully saturated rings. The molecule has 31 heavy (non-hydrogen) atoms. The Bertz CT molecular complexity index is 881. The van der Waals surface area contributed by atoms with Gasteiger partial charge in [0.1, 0.15) is 17.5 Å². The van der Waals surface area contributed by atoms with Gasteiger partial charge in [-0.1, -0.05) is 48.7 Å². The lowest BCUT2D eigenvalue weighted by atomic mass is 10.1. The van der Waals surface area contributed by atoms with Crippen LogP contribution in [0.25, 0.3) is 0 Å². The van der Waals surface area contributed by atoms with Crippen LogP contribution in [-0.2, 0) is 16.1 Å². The van der Waals surface area contributed by atoms with Crippen molar-refractivity contribution in [1.29, 1.82) is 0 Å². The lowest BCUT2D eigenvalue weighted by Gasteiger charge is -2.29. The molecule has 1 atom stereocenters. The van der Waals surface area contributed by atoms with Crippen LogP contribution in [0.3, 0.4) is 0 Å². The highest BCUT2D eigenvalue weighted by atomic mass is 35.5. The van der Waals surface area contributed by atoms with E-state index in [-0.39, 0.29) is 31.0 Å². The first-order chi connectivity index (χ1) is 15.0. The lowest BCUT2D eigenvalue weighted by Crippen LogP contribution is -2.50. The Kier molecular flexibility index (Phi) is 8.18. The quantitative estimate of drug-likeness (QED) is 0.629. The van der Waals surface area contributed by atoms with Gasteiger partial charge in [-0.15, -0.1) is 0 Å². The van der Waals surface area contributed by atoms with Gasteiger partial charge in [0.25, 0.3) is 5.91 Å². The van der Waals surface area contributed by atoms with Crippen molar-refractivity contribution in [3.05, 3.63) is 59.1 Å². The molecule has 0 saturated heterocycles. The number of amides is 2. The molecule has 7 heteroatoms. The Morgan fingerprint density at radius 3 is 2.45 bits per heavy atom. The van der Waals surface area contributed by atoms with E-state index in [9.17, 15) is 9.59 Å². The molecule has 2 amide bonds. The summed E-state index contributed by atoms with van der Waals surface area (Å²) in [6, 6.07) is 14.0. The Morgan fingerprint density at radius 2 is 1.81 bits per heavy atom. The molecule has 2 aromatic rings. The molecule has 1 aliphatic carbocycles. The molecular weight excluding hydrogens is 416 g/mol. The monoisotopic (exact) mass is 444 g/mol. The molecule has 3 rings (SSSR count). The highest BCUT2D eigenvalue weighted by Crippen LogP contribution is 2.23. The first-order valence-corrected chi connectivity index (χ1v) is 11.0. The number of methoxy groups -OCH3 is 1. The van der Waals surface area contributed by atoms with Gasteiger partial charge in [0, 0.05) is 12.6 Å². The Labute approximate surface area is 188 Å². The molecule has 0 spiro atoms. The number of hydrogen-bond donors (Lipinski definition) is 1. The summed E-state index contributed by atoms with van der Waals surface area (Å²) in [7, 11) is 1.60. The third-order valence-corrected chi connectivity index (χ3v) is 5.88. The van der Waals surface area contributed by atoms with Crippen LogP contribution in [0.15, 0.2) is 48.5 Å². The summed E-state index contributed by atoms with van der Waals surface area (Å²) in [6.07, 6.45) is 4.22. The van der Waals surface area contributed by atoms with E-state index in [1.54, 1.807) is 43.2 Å². The second-order valence-corrected chi connectivity index (χ2v) is 8.16. The summed E-state index contributed by atoms with van der Waals surface area (Å²) in [4.78, 5) is 27.5. The number of halogens is 1. The van der Waals surface area contributed by atoms with Crippen LogP contribution in [0.5, 0.6) is 11.5 Å². The van der Waals surface area contributed by atoms with Gasteiger partial charge in [0.05, 0.1) is 12.1 Å². The number of carbonyl (C=O) groups is 2. The maximum absolute atomic E-state index is 13.1. The number of nitrogens with one attached hydrogen (secondary N) is 1. The van der Waals surface area contributed by atoms with Gasteiger partial charge in [0.2, 0.25) is 5.91 Å². The van der Waals surface area contributed by atoms with Crippen LogP contribution in [0, 0.1) is 0 Å². The van der Waals surface area contributed by atoms with Crippen molar-refractivity contribution in [2.45, 2.75) is 51.2 Å². The van der Waals surface area contributed by atoms with Crippen LogP contribution >= 0.6 is 11.6 Å². The van der Waals surface area contributed by atoms with Crippen LogP contribution < -0.4 is 14.8 Å². The summed E-state index contributed by atoms with van der Waals surface area (Å²) in [5.41, 5.74) is 0.896. The van der Waals surface area contributed by atoms with Gasteiger partial charge in [-0.05, 0) is 49.6 Å². The second kappa shape index (κ2) is 11.0. The zero-order valence-electron chi connectivity index (χ0n) is 18.0. The van der Waals surface area contributed by atoms with E-state index in [2.05, 4.69) is 5.32 Å². The number of ether oxygens (including phenoxy) is 2. The highest BCUT2D eigenvalue weighted by Gasteiger charge is 2.28. The Morgan fingerprint density at radius 1 is 1.13 bits per heavy atom. The van der Waals surface area contributed by atoms with E-state index in [0.717, 1.165) is 37.0 Å². The lowest BCUT2D eigenvalue weighted by molar-refractivity contribution is -0.142. The number of benzene rings is 2. The molecule has 0 radical (unpaired) electrons. The van der Waals surface area contributed by atoms with Gasteiger partial charge in [-0.25, -0.2) is 0 Å². The molecule has 1 aliphatic rings. The fourth-order valence-corrected chi connectivity index (χ4v) is 3.88. The molecule has 0 aromatic heterocycles. The van der Waals surface area contributed by atoms with E-state index in [4.69, 9.17) is 21.1 Å². The van der Waals surface area contributed by atoms with Gasteiger partial charge >= 0.3 is 0 Å². The molecule has 0 heterocycles. The predicted molar refractivity (Wildman–Crippen MR) is 120 cm³/mol. The second-order valence-electron chi connectivity index (χ2n) is 7.75. The number of nitrogens with zero attached hydrogens (tertiary/aromatic N) is 1. The number of para-hydroxylation sites is 1. The third kappa shape index (κ3) is 6.37. The van der Waals surface area contributed by atoms with Crippen molar-refractivity contribution in [2.75, 3.05) is 13.7 Å². The van der Waals surface area contributed by atoms with Gasteiger partial charge in [-0.3, -0.25) is 9.59 Å². The summed E-state index contributed by atoms with van der Waals surface area (Å²) in [5, 5.41) is 3.52. The minimum Gasteiger partial charge on any atom is -0.497 e. The van der Waals surface area contributed by atoms with E-state index in [1.165, 1.54) is 0 Å². The molecule has 166 valence electrons. The molecule has 0 aliphatic heterocycles. The van der Waals surface area contributed by atoms with Crippen LogP contribution in [0.2, 0.25) is 5.02 Å². The standard InChI is InChI=1S/C24H29ClN2O4/c1-17(24(29)26-19-7-3-4-8-19)27(15-18-11-13-20(30-2)14-12-18)23(28)16-31-22-10-6-5-9-21(22)25/h5-6,9-14,17,19H,3-4,7-8,15-16H2,1-2H3,(H,26,29)/t17-/m1/s1. The van der Waals surface area contributed by atoms with Crippen LogP contribution in [0.1, 0.15) is 38.2 Å². The fourth-order valence-electron chi connectivity index (χ4n) is 3.69. The summed E-state index contributed by atoms with van der Waals surface area (Å²) in [6.45, 7) is 1.83. The number of carbonyl (C=O) groups excluding carboxylic acids is 2. The Balaban J connectivity index is 1.72. The maximum atomic E-state index is 13.1. The molecule has 2 aromatic carbocycles. The van der Waals surface area contributed by atoms with Crippen LogP contribution in [0.4, 0.5) is 0 Å². The highest BCUT2D eigenvalue weighted by molar-refractivity contribution is 6.32. The largest absolute Gasteiger partial charge is 0.497 e. The van der Waals surface area contributed by atoms with Crippen molar-refractivity contribution in [2.24, 2.45) is 0 Å². The first-order valence-electron chi connectivity index (χ1n) is 10.6. The van der Waals surface area contributed by atoms with E-state index in [1.807, 2.05) is 24.3 Å². The minimum atomic E-state index is -0.634. The van der Waals surface area contributed by atoms with Gasteiger partial charge < -0.3 is 19.7 Å². The fraction of sp³-hybridized carbons (Fsp3) is 0.417. The molecular formula is C24H29ClN2O4. The zero-order chi connectivity index (χ0) is 22.2. The molecule has 0 unspecified atom stereocenters. The molecule has 6 nitrogen and oxygen atoms in total. The van der Waals surface area contributed by atoms with Crippen molar-refractivity contribution in [3.8, 4) is 11.5 Å². The maximum Gasteiger partial charge on any atom is 0.261 e. The summed E-state index contributed by atoms with van der Waals surface area (Å²) < 4.78 is 10.8. The molecule has 0 bridgehead atoms. The normalized spacial score (nSPS) is 14.7. The van der Waals surface area contributed by atoms with Crippen molar-refractivity contribution < 1.29 is 19.1 Å². The minimum absolute atomic E-state index is 0.147.